The summed E-state index contributed by atoms with van der Waals surface area (Å²) in [5.41, 5.74) is 8.27. The molecule has 0 fully saturated rings. The second kappa shape index (κ2) is 4.05. The molecular weight excluding hydrogens is 261 g/mol. The summed E-state index contributed by atoms with van der Waals surface area (Å²) in [6.07, 6.45) is 1.76. The van der Waals surface area contributed by atoms with E-state index in [1.54, 1.807) is 6.08 Å². The molecule has 1 rings (SSSR count). The zero-order valence-electron chi connectivity index (χ0n) is 7.05. The van der Waals surface area contributed by atoms with Crippen LogP contribution in [0.2, 0.25) is 0 Å². The molecule has 64 valence electrons. The van der Waals surface area contributed by atoms with Crippen molar-refractivity contribution in [1.29, 1.82) is 0 Å². The summed E-state index contributed by atoms with van der Waals surface area (Å²) in [5, 5.41) is 0. The molecule has 1 aromatic carbocycles. The van der Waals surface area contributed by atoms with Gasteiger partial charge in [-0.2, -0.15) is 0 Å². The fourth-order valence-corrected chi connectivity index (χ4v) is 1.77. The third-order valence-electron chi connectivity index (χ3n) is 1.83. The molecule has 2 heteroatoms. The maximum absolute atomic E-state index is 5.84. The predicted octanol–water partition coefficient (Wildman–Crippen LogP) is 2.79. The van der Waals surface area contributed by atoms with Crippen molar-refractivity contribution in [2.45, 2.75) is 13.0 Å². The van der Waals surface area contributed by atoms with E-state index in [4.69, 9.17) is 5.73 Å². The minimum Gasteiger partial charge on any atom is -0.321 e. The average molecular weight is 273 g/mol. The fourth-order valence-electron chi connectivity index (χ4n) is 1.05. The average Bonchev–Trinajstić information content (AvgIpc) is 2.08. The Balaban J connectivity index is 3.15. The smallest absolute Gasteiger partial charge is 0.0489 e. The van der Waals surface area contributed by atoms with Crippen LogP contribution in [0.5, 0.6) is 0 Å². The molecule has 1 aromatic rings. The fraction of sp³-hybridized carbons (Fsp3) is 0.200. The van der Waals surface area contributed by atoms with Gasteiger partial charge in [0.15, 0.2) is 0 Å². The molecule has 0 heterocycles. The van der Waals surface area contributed by atoms with Crippen LogP contribution in [0.15, 0.2) is 30.9 Å². The molecule has 0 bridgehead atoms. The van der Waals surface area contributed by atoms with Crippen molar-refractivity contribution >= 4 is 22.6 Å². The minimum atomic E-state index is -0.0446. The number of halogens is 1. The largest absolute Gasteiger partial charge is 0.321 e. The van der Waals surface area contributed by atoms with Gasteiger partial charge in [0.05, 0.1) is 0 Å². The van der Waals surface area contributed by atoms with E-state index in [9.17, 15) is 0 Å². The molecule has 2 N–H and O–H groups in total. The van der Waals surface area contributed by atoms with E-state index in [-0.39, 0.29) is 6.04 Å². The van der Waals surface area contributed by atoms with Crippen molar-refractivity contribution in [2.24, 2.45) is 5.73 Å². The second-order valence-electron chi connectivity index (χ2n) is 2.74. The van der Waals surface area contributed by atoms with Gasteiger partial charge in [0.25, 0.3) is 0 Å². The van der Waals surface area contributed by atoms with Crippen molar-refractivity contribution in [1.82, 2.24) is 0 Å². The van der Waals surface area contributed by atoms with Gasteiger partial charge in [-0.1, -0.05) is 24.3 Å². The van der Waals surface area contributed by atoms with E-state index in [1.807, 2.05) is 12.1 Å². The molecule has 0 amide bonds. The van der Waals surface area contributed by atoms with Crippen molar-refractivity contribution in [3.8, 4) is 0 Å². The Morgan fingerprint density at radius 3 is 2.83 bits per heavy atom. The number of nitrogens with two attached hydrogens (primary N) is 1. The molecule has 0 aliphatic heterocycles. The van der Waals surface area contributed by atoms with Crippen molar-refractivity contribution in [2.75, 3.05) is 0 Å². The first kappa shape index (κ1) is 9.74. The van der Waals surface area contributed by atoms with Gasteiger partial charge in [-0.25, -0.2) is 0 Å². The van der Waals surface area contributed by atoms with Crippen LogP contribution in [0.4, 0.5) is 0 Å². The zero-order chi connectivity index (χ0) is 9.14. The standard InChI is InChI=1S/C10H12IN/c1-3-9(12)8-6-4-5-7(2)10(8)11/h3-6,9H,1,12H2,2H3/t9-/m0/s1. The lowest BCUT2D eigenvalue weighted by molar-refractivity contribution is 0.904. The van der Waals surface area contributed by atoms with Crippen LogP contribution in [0.1, 0.15) is 17.2 Å². The highest BCUT2D eigenvalue weighted by Gasteiger charge is 2.06. The second-order valence-corrected chi connectivity index (χ2v) is 3.82. The molecule has 0 radical (unpaired) electrons. The third-order valence-corrected chi connectivity index (χ3v) is 3.31. The summed E-state index contributed by atoms with van der Waals surface area (Å²) in [6.45, 7) is 5.76. The molecule has 1 atom stereocenters. The van der Waals surface area contributed by atoms with Crippen LogP contribution in [-0.2, 0) is 0 Å². The predicted molar refractivity (Wildman–Crippen MR) is 61.0 cm³/mol. The van der Waals surface area contributed by atoms with E-state index < -0.39 is 0 Å². The van der Waals surface area contributed by atoms with E-state index in [0.29, 0.717) is 0 Å². The first-order valence-electron chi connectivity index (χ1n) is 3.80. The first-order valence-corrected chi connectivity index (χ1v) is 4.88. The molecule has 0 saturated heterocycles. The SMILES string of the molecule is C=C[C@H](N)c1cccc(C)c1I. The lowest BCUT2D eigenvalue weighted by Crippen LogP contribution is -2.08. The highest BCUT2D eigenvalue weighted by Crippen LogP contribution is 2.21. The summed E-state index contributed by atoms with van der Waals surface area (Å²) in [5.74, 6) is 0. The third kappa shape index (κ3) is 1.87. The Morgan fingerprint density at radius 2 is 2.25 bits per heavy atom. The lowest BCUT2D eigenvalue weighted by atomic mass is 10.1. The van der Waals surface area contributed by atoms with Crippen LogP contribution in [0.25, 0.3) is 0 Å². The summed E-state index contributed by atoms with van der Waals surface area (Å²) in [7, 11) is 0. The monoisotopic (exact) mass is 273 g/mol. The van der Waals surface area contributed by atoms with E-state index in [0.717, 1.165) is 5.56 Å². The van der Waals surface area contributed by atoms with Gasteiger partial charge in [-0.05, 0) is 40.6 Å². The zero-order valence-corrected chi connectivity index (χ0v) is 9.21. The molecular formula is C10H12IN. The van der Waals surface area contributed by atoms with Crippen LogP contribution in [0.3, 0.4) is 0 Å². The maximum atomic E-state index is 5.84. The van der Waals surface area contributed by atoms with Gasteiger partial charge >= 0.3 is 0 Å². The number of hydrogen-bond acceptors (Lipinski definition) is 1. The van der Waals surface area contributed by atoms with Gasteiger partial charge in [0.2, 0.25) is 0 Å². The first-order chi connectivity index (χ1) is 5.66. The summed E-state index contributed by atoms with van der Waals surface area (Å²) >= 11 is 2.32. The van der Waals surface area contributed by atoms with Gasteiger partial charge in [-0.15, -0.1) is 6.58 Å². The Hall–Kier alpha value is -0.350. The summed E-state index contributed by atoms with van der Waals surface area (Å²) < 4.78 is 1.24. The highest BCUT2D eigenvalue weighted by atomic mass is 127. The molecule has 0 aliphatic carbocycles. The molecule has 0 aromatic heterocycles. The van der Waals surface area contributed by atoms with E-state index in [2.05, 4.69) is 42.2 Å². The molecule has 0 saturated carbocycles. The Kier molecular flexibility index (Phi) is 3.29. The van der Waals surface area contributed by atoms with Crippen molar-refractivity contribution in [3.05, 3.63) is 45.6 Å². The summed E-state index contributed by atoms with van der Waals surface area (Å²) in [4.78, 5) is 0. The lowest BCUT2D eigenvalue weighted by Gasteiger charge is -2.10. The molecule has 12 heavy (non-hydrogen) atoms. The highest BCUT2D eigenvalue weighted by molar-refractivity contribution is 14.1. The maximum Gasteiger partial charge on any atom is 0.0489 e. The molecule has 1 nitrogen and oxygen atoms in total. The number of benzene rings is 1. The van der Waals surface area contributed by atoms with Gasteiger partial charge < -0.3 is 5.73 Å². The van der Waals surface area contributed by atoms with Gasteiger partial charge in [-0.3, -0.25) is 0 Å². The molecule has 0 unspecified atom stereocenters. The van der Waals surface area contributed by atoms with Crippen LogP contribution in [-0.4, -0.2) is 0 Å². The van der Waals surface area contributed by atoms with Gasteiger partial charge in [0, 0.05) is 9.61 Å². The topological polar surface area (TPSA) is 26.0 Å². The Labute approximate surface area is 86.8 Å². The van der Waals surface area contributed by atoms with Gasteiger partial charge in [0.1, 0.15) is 0 Å². The summed E-state index contributed by atoms with van der Waals surface area (Å²) in [6, 6.07) is 6.11. The van der Waals surface area contributed by atoms with Crippen LogP contribution >= 0.6 is 22.6 Å². The quantitative estimate of drug-likeness (QED) is 0.650. The Bertz CT molecular complexity index is 294. The van der Waals surface area contributed by atoms with Crippen molar-refractivity contribution in [3.63, 3.8) is 0 Å². The van der Waals surface area contributed by atoms with E-state index >= 15 is 0 Å². The number of hydrogen-bond donors (Lipinski definition) is 1. The van der Waals surface area contributed by atoms with Crippen molar-refractivity contribution < 1.29 is 0 Å². The number of rotatable bonds is 2. The van der Waals surface area contributed by atoms with Crippen LogP contribution in [0, 0.1) is 10.5 Å². The normalized spacial score (nSPS) is 12.6. The van der Waals surface area contributed by atoms with Crippen LogP contribution < -0.4 is 5.73 Å². The molecule has 0 aliphatic rings. The Morgan fingerprint density at radius 1 is 1.58 bits per heavy atom. The molecule has 0 spiro atoms. The number of aryl methyl sites for hydroxylation is 1. The minimum absolute atomic E-state index is 0.0446. The van der Waals surface area contributed by atoms with E-state index in [1.165, 1.54) is 9.13 Å².